The summed E-state index contributed by atoms with van der Waals surface area (Å²) in [5.41, 5.74) is 4.94. The van der Waals surface area contributed by atoms with Crippen LogP contribution in [0.3, 0.4) is 0 Å². The summed E-state index contributed by atoms with van der Waals surface area (Å²) < 4.78 is 5.26. The third kappa shape index (κ3) is 3.76. The summed E-state index contributed by atoms with van der Waals surface area (Å²) >= 11 is 0. The van der Waals surface area contributed by atoms with Crippen LogP contribution in [0.4, 0.5) is 11.4 Å². The highest BCUT2D eigenvalue weighted by molar-refractivity contribution is 6.03. The second-order valence-corrected chi connectivity index (χ2v) is 6.69. The molecule has 4 rings (SSSR count). The predicted molar refractivity (Wildman–Crippen MR) is 115 cm³/mol. The molecule has 1 aliphatic rings. The van der Waals surface area contributed by atoms with E-state index in [4.69, 9.17) is 4.74 Å². The summed E-state index contributed by atoms with van der Waals surface area (Å²) in [7, 11) is 1.65. The quantitative estimate of drug-likeness (QED) is 0.664. The van der Waals surface area contributed by atoms with E-state index in [-0.39, 0.29) is 11.9 Å². The number of amides is 1. The van der Waals surface area contributed by atoms with Crippen molar-refractivity contribution in [3.8, 4) is 16.9 Å². The molecular formula is C24H22N2O2. The van der Waals surface area contributed by atoms with Crippen LogP contribution in [0.15, 0.2) is 78.9 Å². The molecule has 2 N–H and O–H groups in total. The molecule has 4 heteroatoms. The van der Waals surface area contributed by atoms with Gasteiger partial charge in [-0.25, -0.2) is 0 Å². The average molecular weight is 370 g/mol. The lowest BCUT2D eigenvalue weighted by molar-refractivity contribution is -0.116. The molecule has 0 bridgehead atoms. The first-order chi connectivity index (χ1) is 13.7. The lowest BCUT2D eigenvalue weighted by atomic mass is 9.98. The number of hydrogen-bond acceptors (Lipinski definition) is 3. The molecule has 3 aromatic carbocycles. The number of benzene rings is 3. The zero-order chi connectivity index (χ0) is 19.3. The van der Waals surface area contributed by atoms with Gasteiger partial charge in [-0.3, -0.25) is 4.79 Å². The van der Waals surface area contributed by atoms with E-state index in [9.17, 15) is 4.79 Å². The molecule has 0 fully saturated rings. The number of para-hydroxylation sites is 2. The second kappa shape index (κ2) is 8.01. The monoisotopic (exact) mass is 370 g/mol. The topological polar surface area (TPSA) is 50.4 Å². The Morgan fingerprint density at radius 3 is 2.43 bits per heavy atom. The number of hydrogen-bond donors (Lipinski definition) is 2. The fourth-order valence-electron chi connectivity index (χ4n) is 3.40. The van der Waals surface area contributed by atoms with Crippen LogP contribution in [-0.2, 0) is 4.79 Å². The minimum absolute atomic E-state index is 0.0442. The SMILES string of the molecule is COc1cccc(/C=C/CC2Nc3ccccc3-c3ccccc3NC2=O)c1. The number of rotatable bonds is 4. The number of carbonyl (C=O) groups excluding carboxylic acids is 1. The molecule has 0 saturated carbocycles. The number of methoxy groups -OCH3 is 1. The molecule has 1 atom stereocenters. The molecule has 28 heavy (non-hydrogen) atoms. The molecule has 1 heterocycles. The maximum absolute atomic E-state index is 12.9. The predicted octanol–water partition coefficient (Wildman–Crippen LogP) is 5.20. The van der Waals surface area contributed by atoms with Crippen molar-refractivity contribution < 1.29 is 9.53 Å². The van der Waals surface area contributed by atoms with E-state index in [2.05, 4.69) is 16.7 Å². The highest BCUT2D eigenvalue weighted by Crippen LogP contribution is 2.35. The van der Waals surface area contributed by atoms with E-state index in [0.717, 1.165) is 33.8 Å². The molecule has 140 valence electrons. The van der Waals surface area contributed by atoms with Crippen molar-refractivity contribution in [2.24, 2.45) is 0 Å². The van der Waals surface area contributed by atoms with Gasteiger partial charge in [0.2, 0.25) is 5.91 Å². The molecule has 0 radical (unpaired) electrons. The van der Waals surface area contributed by atoms with Crippen molar-refractivity contribution in [2.45, 2.75) is 12.5 Å². The van der Waals surface area contributed by atoms with E-state index in [1.165, 1.54) is 0 Å². The maximum Gasteiger partial charge on any atom is 0.247 e. The summed E-state index contributed by atoms with van der Waals surface area (Å²) in [5.74, 6) is 0.770. The highest BCUT2D eigenvalue weighted by atomic mass is 16.5. The molecule has 0 spiro atoms. The number of fused-ring (bicyclic) bond motifs is 3. The van der Waals surface area contributed by atoms with Gasteiger partial charge in [-0.1, -0.05) is 60.7 Å². The standard InChI is InChI=1S/C24H22N2O2/c1-28-18-10-6-8-17(16-18)9-7-15-23-24(27)26-22-14-5-3-12-20(22)19-11-2-4-13-21(19)25-23/h2-14,16,23,25H,15H2,1H3,(H,26,27)/b9-7+. The lowest BCUT2D eigenvalue weighted by Crippen LogP contribution is -2.35. The fraction of sp³-hybridized carbons (Fsp3) is 0.125. The first kappa shape index (κ1) is 17.9. The van der Waals surface area contributed by atoms with E-state index >= 15 is 0 Å². The van der Waals surface area contributed by atoms with Gasteiger partial charge in [-0.05, 0) is 36.2 Å². The van der Waals surface area contributed by atoms with E-state index in [0.29, 0.717) is 6.42 Å². The van der Waals surface area contributed by atoms with Crippen LogP contribution >= 0.6 is 0 Å². The summed E-state index contributed by atoms with van der Waals surface area (Å²) in [5, 5.41) is 6.48. The molecule has 3 aromatic rings. The van der Waals surface area contributed by atoms with Gasteiger partial charge in [0.15, 0.2) is 0 Å². The average Bonchev–Trinajstić information content (AvgIpc) is 2.73. The van der Waals surface area contributed by atoms with Crippen molar-refractivity contribution in [3.63, 3.8) is 0 Å². The molecule has 4 nitrogen and oxygen atoms in total. The normalized spacial score (nSPS) is 15.6. The maximum atomic E-state index is 12.9. The van der Waals surface area contributed by atoms with Crippen molar-refractivity contribution in [3.05, 3.63) is 84.4 Å². The number of ether oxygens (including phenoxy) is 1. The second-order valence-electron chi connectivity index (χ2n) is 6.69. The number of nitrogens with one attached hydrogen (secondary N) is 2. The Bertz CT molecular complexity index is 1030. The largest absolute Gasteiger partial charge is 0.497 e. The highest BCUT2D eigenvalue weighted by Gasteiger charge is 2.23. The van der Waals surface area contributed by atoms with E-state index in [1.54, 1.807) is 7.11 Å². The minimum Gasteiger partial charge on any atom is -0.497 e. The molecule has 1 amide bonds. The first-order valence-electron chi connectivity index (χ1n) is 9.31. The summed E-state index contributed by atoms with van der Waals surface area (Å²) in [6.45, 7) is 0. The van der Waals surface area contributed by atoms with Gasteiger partial charge in [-0.2, -0.15) is 0 Å². The Balaban J connectivity index is 1.59. The van der Waals surface area contributed by atoms with Crippen LogP contribution in [0.5, 0.6) is 5.75 Å². The third-order valence-corrected chi connectivity index (χ3v) is 4.82. The van der Waals surface area contributed by atoms with Gasteiger partial charge in [-0.15, -0.1) is 0 Å². The van der Waals surface area contributed by atoms with Crippen LogP contribution in [0.2, 0.25) is 0 Å². The lowest BCUT2D eigenvalue weighted by Gasteiger charge is -2.25. The van der Waals surface area contributed by atoms with Gasteiger partial charge in [0.25, 0.3) is 0 Å². The minimum atomic E-state index is -0.364. The first-order valence-corrected chi connectivity index (χ1v) is 9.31. The van der Waals surface area contributed by atoms with Crippen molar-refractivity contribution in [2.75, 3.05) is 17.7 Å². The molecule has 1 aliphatic heterocycles. The third-order valence-electron chi connectivity index (χ3n) is 4.82. The van der Waals surface area contributed by atoms with Gasteiger partial charge in [0.1, 0.15) is 11.8 Å². The van der Waals surface area contributed by atoms with Crippen LogP contribution in [0.1, 0.15) is 12.0 Å². The van der Waals surface area contributed by atoms with Crippen LogP contribution in [-0.4, -0.2) is 19.1 Å². The van der Waals surface area contributed by atoms with Crippen molar-refractivity contribution in [1.82, 2.24) is 0 Å². The summed E-state index contributed by atoms with van der Waals surface area (Å²) in [6, 6.07) is 23.5. The van der Waals surface area contributed by atoms with Gasteiger partial charge in [0, 0.05) is 22.5 Å². The molecular weight excluding hydrogens is 348 g/mol. The zero-order valence-electron chi connectivity index (χ0n) is 15.7. The molecule has 0 saturated heterocycles. The zero-order valence-corrected chi connectivity index (χ0v) is 15.7. The fourth-order valence-corrected chi connectivity index (χ4v) is 3.40. The van der Waals surface area contributed by atoms with Gasteiger partial charge < -0.3 is 15.4 Å². The molecule has 0 aromatic heterocycles. The van der Waals surface area contributed by atoms with Crippen LogP contribution in [0, 0.1) is 0 Å². The van der Waals surface area contributed by atoms with Gasteiger partial charge >= 0.3 is 0 Å². The smallest absolute Gasteiger partial charge is 0.247 e. The molecule has 0 aliphatic carbocycles. The number of carbonyl (C=O) groups is 1. The Morgan fingerprint density at radius 2 is 1.64 bits per heavy atom. The molecule has 1 unspecified atom stereocenters. The Labute approximate surface area is 164 Å². The van der Waals surface area contributed by atoms with Crippen LogP contribution < -0.4 is 15.4 Å². The van der Waals surface area contributed by atoms with Gasteiger partial charge in [0.05, 0.1) is 7.11 Å². The summed E-state index contributed by atoms with van der Waals surface area (Å²) in [6.07, 6.45) is 4.60. The van der Waals surface area contributed by atoms with Crippen molar-refractivity contribution >= 4 is 23.4 Å². The number of anilines is 2. The van der Waals surface area contributed by atoms with Crippen LogP contribution in [0.25, 0.3) is 17.2 Å². The Morgan fingerprint density at radius 1 is 0.929 bits per heavy atom. The Hall–Kier alpha value is -3.53. The van der Waals surface area contributed by atoms with E-state index in [1.807, 2.05) is 78.9 Å². The van der Waals surface area contributed by atoms with E-state index < -0.39 is 0 Å². The Kier molecular flexibility index (Phi) is 5.11. The van der Waals surface area contributed by atoms with Crippen molar-refractivity contribution in [1.29, 1.82) is 0 Å². The summed E-state index contributed by atoms with van der Waals surface area (Å²) in [4.78, 5) is 12.9.